The minimum Gasteiger partial charge on any atom is -0.468 e. The Morgan fingerprint density at radius 3 is 2.20 bits per heavy atom. The van der Waals surface area contributed by atoms with E-state index in [1.54, 1.807) is 36.4 Å². The lowest BCUT2D eigenvalue weighted by Gasteiger charge is -2.09. The molecule has 5 nitrogen and oxygen atoms in total. The summed E-state index contributed by atoms with van der Waals surface area (Å²) in [7, 11) is 2.45. The van der Waals surface area contributed by atoms with Crippen LogP contribution in [0.2, 0.25) is 0 Å². The molecule has 0 N–H and O–H groups in total. The summed E-state index contributed by atoms with van der Waals surface area (Å²) in [6.07, 6.45) is 3.65. The van der Waals surface area contributed by atoms with E-state index in [-0.39, 0.29) is 6.42 Å². The highest BCUT2D eigenvalue weighted by molar-refractivity contribution is 5.95. The number of allylic oxidation sites excluding steroid dienone is 1. The average molecular weight is 273 g/mol. The number of benzene rings is 1. The number of hydrogen-bond acceptors (Lipinski definition) is 5. The van der Waals surface area contributed by atoms with E-state index in [0.29, 0.717) is 5.56 Å². The van der Waals surface area contributed by atoms with Crippen LogP contribution in [0.4, 0.5) is 0 Å². The van der Waals surface area contributed by atoms with E-state index < -0.39 is 17.9 Å². The van der Waals surface area contributed by atoms with Crippen LogP contribution in [0.1, 0.15) is 17.5 Å². The molecular weight excluding hydrogens is 258 g/mol. The Hall–Kier alpha value is -2.61. The van der Waals surface area contributed by atoms with Gasteiger partial charge in [-0.15, -0.1) is 0 Å². The third kappa shape index (κ3) is 4.25. The molecule has 0 saturated heterocycles. The highest BCUT2D eigenvalue weighted by atomic mass is 16.5. The smallest absolute Gasteiger partial charge is 0.320 e. The van der Waals surface area contributed by atoms with Crippen molar-refractivity contribution in [1.29, 1.82) is 5.26 Å². The topological polar surface area (TPSA) is 76.4 Å². The maximum Gasteiger partial charge on any atom is 0.320 e. The molecule has 0 saturated carbocycles. The van der Waals surface area contributed by atoms with Crippen LogP contribution in [-0.4, -0.2) is 26.2 Å². The van der Waals surface area contributed by atoms with Crippen molar-refractivity contribution in [3.05, 3.63) is 41.5 Å². The number of nitriles is 1. The number of nitrogens with zero attached hydrogens (tertiary/aromatic N) is 1. The summed E-state index contributed by atoms with van der Waals surface area (Å²) in [6.45, 7) is 0. The van der Waals surface area contributed by atoms with Crippen LogP contribution < -0.4 is 0 Å². The van der Waals surface area contributed by atoms with Crippen molar-refractivity contribution in [1.82, 2.24) is 0 Å². The van der Waals surface area contributed by atoms with Gasteiger partial charge in [0.05, 0.1) is 25.9 Å². The van der Waals surface area contributed by atoms with Crippen LogP contribution >= 0.6 is 0 Å². The van der Waals surface area contributed by atoms with Crippen molar-refractivity contribution in [3.63, 3.8) is 0 Å². The summed E-state index contributed by atoms with van der Waals surface area (Å²) < 4.78 is 9.12. The predicted molar refractivity (Wildman–Crippen MR) is 72.3 cm³/mol. The summed E-state index contributed by atoms with van der Waals surface area (Å²) in [5, 5.41) is 8.68. The lowest BCUT2D eigenvalue weighted by molar-refractivity contribution is -0.158. The molecule has 0 aliphatic carbocycles. The Bertz CT molecular complexity index is 524. The first kappa shape index (κ1) is 15.4. The molecule has 0 radical (unpaired) electrons. The zero-order valence-electron chi connectivity index (χ0n) is 11.3. The SMILES string of the molecule is COC(=O)C(C/C=C/c1ccc(C#N)cc1)C(=O)OC. The third-order valence-electron chi connectivity index (χ3n) is 2.69. The third-order valence-corrected chi connectivity index (χ3v) is 2.69. The van der Waals surface area contributed by atoms with Gasteiger partial charge in [-0.3, -0.25) is 9.59 Å². The molecule has 0 aliphatic rings. The second-order valence-electron chi connectivity index (χ2n) is 3.97. The highest BCUT2D eigenvalue weighted by Gasteiger charge is 2.26. The van der Waals surface area contributed by atoms with Crippen molar-refractivity contribution in [3.8, 4) is 6.07 Å². The highest BCUT2D eigenvalue weighted by Crippen LogP contribution is 2.11. The lowest BCUT2D eigenvalue weighted by Crippen LogP contribution is -2.25. The predicted octanol–water partition coefficient (Wildman–Crippen LogP) is 1.92. The summed E-state index contributed by atoms with van der Waals surface area (Å²) >= 11 is 0. The number of methoxy groups -OCH3 is 2. The second kappa shape index (κ2) is 7.74. The van der Waals surface area contributed by atoms with E-state index in [4.69, 9.17) is 5.26 Å². The molecular formula is C15H15NO4. The molecule has 1 aromatic carbocycles. The number of ether oxygens (including phenoxy) is 2. The van der Waals surface area contributed by atoms with E-state index in [1.807, 2.05) is 6.07 Å². The Labute approximate surface area is 117 Å². The van der Waals surface area contributed by atoms with Crippen molar-refractivity contribution >= 4 is 18.0 Å². The van der Waals surface area contributed by atoms with E-state index >= 15 is 0 Å². The Balaban J connectivity index is 2.71. The number of hydrogen-bond donors (Lipinski definition) is 0. The largest absolute Gasteiger partial charge is 0.468 e. The van der Waals surface area contributed by atoms with Crippen molar-refractivity contribution in [2.75, 3.05) is 14.2 Å². The second-order valence-corrected chi connectivity index (χ2v) is 3.97. The first-order chi connectivity index (χ1) is 9.62. The Morgan fingerprint density at radius 1 is 1.20 bits per heavy atom. The van der Waals surface area contributed by atoms with Gasteiger partial charge in [0.15, 0.2) is 5.92 Å². The molecule has 0 atom stereocenters. The molecule has 0 spiro atoms. The van der Waals surface area contributed by atoms with E-state index in [1.165, 1.54) is 14.2 Å². The summed E-state index contributed by atoms with van der Waals surface area (Å²) in [5.41, 5.74) is 1.45. The molecule has 20 heavy (non-hydrogen) atoms. The quantitative estimate of drug-likeness (QED) is 0.605. The maximum atomic E-state index is 11.4. The van der Waals surface area contributed by atoms with Gasteiger partial charge in [0, 0.05) is 0 Å². The molecule has 1 aromatic rings. The molecule has 0 fully saturated rings. The molecule has 104 valence electrons. The first-order valence-corrected chi connectivity index (χ1v) is 5.94. The summed E-state index contributed by atoms with van der Waals surface area (Å²) in [5.74, 6) is -2.21. The van der Waals surface area contributed by atoms with Gasteiger partial charge in [0.1, 0.15) is 0 Å². The number of carbonyl (C=O) groups excluding carboxylic acids is 2. The van der Waals surface area contributed by atoms with Crippen molar-refractivity contribution < 1.29 is 19.1 Å². The first-order valence-electron chi connectivity index (χ1n) is 5.94. The lowest BCUT2D eigenvalue weighted by atomic mass is 10.0. The number of carbonyl (C=O) groups is 2. The fourth-order valence-electron chi connectivity index (χ4n) is 1.58. The van der Waals surface area contributed by atoms with E-state index in [9.17, 15) is 9.59 Å². The molecule has 0 bridgehead atoms. The maximum absolute atomic E-state index is 11.4. The van der Waals surface area contributed by atoms with E-state index in [2.05, 4.69) is 9.47 Å². The monoisotopic (exact) mass is 273 g/mol. The van der Waals surface area contributed by atoms with Gasteiger partial charge in [0.25, 0.3) is 0 Å². The summed E-state index contributed by atoms with van der Waals surface area (Å²) in [6, 6.07) is 8.97. The zero-order valence-corrected chi connectivity index (χ0v) is 11.3. The Morgan fingerprint density at radius 2 is 1.75 bits per heavy atom. The minimum atomic E-state index is -0.959. The van der Waals surface area contributed by atoms with E-state index in [0.717, 1.165) is 5.56 Å². The standard InChI is InChI=1S/C15H15NO4/c1-19-14(17)13(15(18)20-2)5-3-4-11-6-8-12(10-16)9-7-11/h3-4,6-9,13H,5H2,1-2H3/b4-3+. The van der Waals surface area contributed by atoms with Gasteiger partial charge < -0.3 is 9.47 Å². The van der Waals surface area contributed by atoms with Gasteiger partial charge in [-0.25, -0.2) is 0 Å². The molecule has 0 amide bonds. The fraction of sp³-hybridized carbons (Fsp3) is 0.267. The van der Waals surface area contributed by atoms with Gasteiger partial charge >= 0.3 is 11.9 Å². The van der Waals surface area contributed by atoms with Crippen molar-refractivity contribution in [2.24, 2.45) is 5.92 Å². The van der Waals surface area contributed by atoms with Gasteiger partial charge in [-0.2, -0.15) is 5.26 Å². The van der Waals surface area contributed by atoms with Gasteiger partial charge in [-0.1, -0.05) is 24.3 Å². The fourth-order valence-corrected chi connectivity index (χ4v) is 1.58. The normalized spacial score (nSPS) is 10.3. The number of rotatable bonds is 5. The van der Waals surface area contributed by atoms with Crippen LogP contribution in [0, 0.1) is 17.2 Å². The molecule has 0 aliphatic heterocycles. The molecule has 5 heteroatoms. The van der Waals surface area contributed by atoms with Crippen LogP contribution in [0.15, 0.2) is 30.3 Å². The van der Waals surface area contributed by atoms with Gasteiger partial charge in [-0.05, 0) is 24.1 Å². The zero-order chi connectivity index (χ0) is 15.0. The average Bonchev–Trinajstić information content (AvgIpc) is 2.50. The van der Waals surface area contributed by atoms with Crippen LogP contribution in [-0.2, 0) is 19.1 Å². The van der Waals surface area contributed by atoms with Gasteiger partial charge in [0.2, 0.25) is 0 Å². The Kier molecular flexibility index (Phi) is 5.98. The van der Waals surface area contributed by atoms with Crippen LogP contribution in [0.25, 0.3) is 6.08 Å². The van der Waals surface area contributed by atoms with Crippen molar-refractivity contribution in [2.45, 2.75) is 6.42 Å². The molecule has 0 heterocycles. The van der Waals surface area contributed by atoms with Crippen LogP contribution in [0.5, 0.6) is 0 Å². The molecule has 0 aromatic heterocycles. The number of esters is 2. The minimum absolute atomic E-state index is 0.194. The van der Waals surface area contributed by atoms with Crippen LogP contribution in [0.3, 0.4) is 0 Å². The molecule has 0 unspecified atom stereocenters. The molecule has 1 rings (SSSR count). The summed E-state index contributed by atoms with van der Waals surface area (Å²) in [4.78, 5) is 22.9.